The van der Waals surface area contributed by atoms with E-state index >= 15 is 0 Å². The molecule has 1 aliphatic rings. The van der Waals surface area contributed by atoms with E-state index in [0.29, 0.717) is 0 Å². The van der Waals surface area contributed by atoms with E-state index in [0.717, 1.165) is 17.1 Å². The molecule has 0 spiro atoms. The molecule has 0 aliphatic heterocycles. The highest BCUT2D eigenvalue weighted by molar-refractivity contribution is 7.99. The van der Waals surface area contributed by atoms with E-state index < -0.39 is 0 Å². The van der Waals surface area contributed by atoms with Gasteiger partial charge in [0.1, 0.15) is 0 Å². The summed E-state index contributed by atoms with van der Waals surface area (Å²) in [4.78, 5) is 0. The molecule has 0 aromatic heterocycles. The number of hydrogen-bond donors (Lipinski definition) is 0. The van der Waals surface area contributed by atoms with Gasteiger partial charge >= 0.3 is 0 Å². The van der Waals surface area contributed by atoms with Gasteiger partial charge in [-0.15, -0.1) is 13.2 Å². The predicted molar refractivity (Wildman–Crippen MR) is 81.3 cm³/mol. The summed E-state index contributed by atoms with van der Waals surface area (Å²) in [6.45, 7) is 17.1. The summed E-state index contributed by atoms with van der Waals surface area (Å²) in [5.74, 6) is 3.23. The molecule has 1 rings (SSSR count). The Morgan fingerprint density at radius 3 is 2.00 bits per heavy atom. The fourth-order valence-electron chi connectivity index (χ4n) is 2.07. The third-order valence-corrected chi connectivity index (χ3v) is 4.54. The highest BCUT2D eigenvalue weighted by atomic mass is 32.2. The molecule has 1 fully saturated rings. The Morgan fingerprint density at radius 2 is 1.50 bits per heavy atom. The van der Waals surface area contributed by atoms with E-state index in [1.54, 1.807) is 0 Å². The van der Waals surface area contributed by atoms with Gasteiger partial charge in [0.25, 0.3) is 0 Å². The maximum absolute atomic E-state index is 3.00. The van der Waals surface area contributed by atoms with Crippen molar-refractivity contribution in [1.82, 2.24) is 0 Å². The van der Waals surface area contributed by atoms with Gasteiger partial charge in [0.05, 0.1) is 0 Å². The van der Waals surface area contributed by atoms with Crippen LogP contribution in [0.1, 0.15) is 60.3 Å². The Hall–Kier alpha value is 0.0900. The van der Waals surface area contributed by atoms with Gasteiger partial charge in [0.2, 0.25) is 0 Å². The van der Waals surface area contributed by atoms with Crippen LogP contribution in [0.25, 0.3) is 0 Å². The summed E-state index contributed by atoms with van der Waals surface area (Å²) in [6, 6.07) is 0. The Balaban J connectivity index is 0. The van der Waals surface area contributed by atoms with E-state index in [9.17, 15) is 0 Å². The van der Waals surface area contributed by atoms with Gasteiger partial charge in [-0.2, -0.15) is 11.8 Å². The minimum atomic E-state index is 0.958. The topological polar surface area (TPSA) is 0 Å². The smallest absolute Gasteiger partial charge is 0.00726 e. The highest BCUT2D eigenvalue weighted by Gasteiger charge is 2.22. The average molecular weight is 244 g/mol. The second-order valence-electron chi connectivity index (χ2n) is 4.23. The fourth-order valence-corrected chi connectivity index (χ4v) is 3.27. The summed E-state index contributed by atoms with van der Waals surface area (Å²) < 4.78 is 0. The zero-order chi connectivity index (χ0) is 13.0. The first kappa shape index (κ1) is 18.5. The quantitative estimate of drug-likeness (QED) is 0.438. The molecule has 3 atom stereocenters. The van der Waals surface area contributed by atoms with E-state index in [4.69, 9.17) is 0 Å². The Labute approximate surface area is 108 Å². The van der Waals surface area contributed by atoms with Crippen molar-refractivity contribution in [3.8, 4) is 0 Å². The second kappa shape index (κ2) is 13.2. The lowest BCUT2D eigenvalue weighted by molar-refractivity contribution is 0.479. The van der Waals surface area contributed by atoms with Crippen LogP contribution in [-0.4, -0.2) is 11.0 Å². The largest absolute Gasteiger partial charge is 0.159 e. The summed E-state index contributed by atoms with van der Waals surface area (Å²) in [6.07, 6.45) is 5.84. The minimum absolute atomic E-state index is 0.958. The van der Waals surface area contributed by atoms with Crippen LogP contribution in [0.5, 0.6) is 0 Å². The van der Waals surface area contributed by atoms with Crippen molar-refractivity contribution in [2.75, 3.05) is 5.75 Å². The summed E-state index contributed by atoms with van der Waals surface area (Å²) in [5.41, 5.74) is 0. The highest BCUT2D eigenvalue weighted by Crippen LogP contribution is 2.33. The van der Waals surface area contributed by atoms with Crippen LogP contribution < -0.4 is 0 Å². The maximum atomic E-state index is 3.00. The number of rotatable bonds is 2. The van der Waals surface area contributed by atoms with Crippen molar-refractivity contribution in [2.45, 2.75) is 65.6 Å². The molecule has 0 nitrogen and oxygen atoms in total. The molecule has 0 aromatic carbocycles. The molecular formula is C15H32S. The zero-order valence-corrected chi connectivity index (χ0v) is 12.9. The molecule has 98 valence electrons. The molecular weight excluding hydrogens is 212 g/mol. The van der Waals surface area contributed by atoms with Gasteiger partial charge < -0.3 is 0 Å². The van der Waals surface area contributed by atoms with Gasteiger partial charge in [-0.25, -0.2) is 0 Å². The predicted octanol–water partition coefficient (Wildman–Crippen LogP) is 5.78. The van der Waals surface area contributed by atoms with Crippen LogP contribution in [0, 0.1) is 11.8 Å². The van der Waals surface area contributed by atoms with Crippen molar-refractivity contribution in [3.05, 3.63) is 13.2 Å². The zero-order valence-electron chi connectivity index (χ0n) is 12.1. The first-order chi connectivity index (χ1) is 7.74. The van der Waals surface area contributed by atoms with E-state index in [1.807, 2.05) is 13.8 Å². The molecule has 16 heavy (non-hydrogen) atoms. The standard InChI is InChI=1S/C11H22S.C2H6.C2H4/c1-4-12-11-8-6-9(2)5-7-10(11)3;2*1-2/h9-11H,4-8H2,1-3H3;1-2H3;1-2H2/t9-,10-,11?;;/m1../s1. The molecule has 0 saturated heterocycles. The molecule has 0 N–H and O–H groups in total. The second-order valence-corrected chi connectivity index (χ2v) is 5.75. The molecule has 1 aliphatic carbocycles. The third-order valence-electron chi connectivity index (χ3n) is 3.07. The first-order valence-electron chi connectivity index (χ1n) is 6.85. The lowest BCUT2D eigenvalue weighted by atomic mass is 10.0. The van der Waals surface area contributed by atoms with Gasteiger partial charge in [0.15, 0.2) is 0 Å². The Kier molecular flexibility index (Phi) is 15.2. The molecule has 0 aromatic rings. The average Bonchev–Trinajstić information content (AvgIpc) is 2.50. The van der Waals surface area contributed by atoms with Crippen LogP contribution in [0.2, 0.25) is 0 Å². The van der Waals surface area contributed by atoms with Crippen molar-refractivity contribution in [3.63, 3.8) is 0 Å². The Morgan fingerprint density at radius 1 is 1.00 bits per heavy atom. The van der Waals surface area contributed by atoms with Crippen LogP contribution in [-0.2, 0) is 0 Å². The SMILES string of the molecule is C=C.CC.CCSC1CC[C@H](C)CC[C@H]1C. The molecule has 1 saturated carbocycles. The van der Waals surface area contributed by atoms with E-state index in [-0.39, 0.29) is 0 Å². The first-order valence-corrected chi connectivity index (χ1v) is 7.90. The van der Waals surface area contributed by atoms with Gasteiger partial charge in [-0.05, 0) is 36.9 Å². The maximum Gasteiger partial charge on any atom is 0.00726 e. The van der Waals surface area contributed by atoms with Crippen LogP contribution in [0.3, 0.4) is 0 Å². The van der Waals surface area contributed by atoms with Crippen molar-refractivity contribution in [1.29, 1.82) is 0 Å². The molecule has 1 heteroatoms. The van der Waals surface area contributed by atoms with Gasteiger partial charge in [0, 0.05) is 5.25 Å². The van der Waals surface area contributed by atoms with Gasteiger partial charge in [-0.1, -0.05) is 41.0 Å². The lowest BCUT2D eigenvalue weighted by Gasteiger charge is -2.19. The molecule has 0 radical (unpaired) electrons. The van der Waals surface area contributed by atoms with Crippen molar-refractivity contribution >= 4 is 11.8 Å². The lowest BCUT2D eigenvalue weighted by Crippen LogP contribution is -2.12. The fraction of sp³-hybridized carbons (Fsp3) is 0.867. The van der Waals surface area contributed by atoms with E-state index in [1.165, 1.54) is 31.4 Å². The van der Waals surface area contributed by atoms with E-state index in [2.05, 4.69) is 45.7 Å². The molecule has 0 bridgehead atoms. The number of thioether (sulfide) groups is 1. The van der Waals surface area contributed by atoms with Crippen LogP contribution in [0.4, 0.5) is 0 Å². The molecule has 1 unspecified atom stereocenters. The van der Waals surface area contributed by atoms with Crippen LogP contribution in [0.15, 0.2) is 13.2 Å². The Bertz CT molecular complexity index is 133. The summed E-state index contributed by atoms with van der Waals surface area (Å²) in [5, 5.41) is 0.958. The van der Waals surface area contributed by atoms with Gasteiger partial charge in [-0.3, -0.25) is 0 Å². The minimum Gasteiger partial charge on any atom is -0.159 e. The molecule has 0 heterocycles. The van der Waals surface area contributed by atoms with Crippen LogP contribution >= 0.6 is 11.8 Å². The monoisotopic (exact) mass is 244 g/mol. The summed E-state index contributed by atoms with van der Waals surface area (Å²) >= 11 is 2.18. The third kappa shape index (κ3) is 8.27. The normalized spacial score (nSPS) is 28.9. The van der Waals surface area contributed by atoms with Crippen molar-refractivity contribution in [2.24, 2.45) is 11.8 Å². The molecule has 0 amide bonds. The number of hydrogen-bond acceptors (Lipinski definition) is 1. The van der Waals surface area contributed by atoms with Crippen molar-refractivity contribution < 1.29 is 0 Å². The summed E-state index contributed by atoms with van der Waals surface area (Å²) in [7, 11) is 0.